The summed E-state index contributed by atoms with van der Waals surface area (Å²) in [6.45, 7) is -0.354. The molecule has 3 rings (SSSR count). The summed E-state index contributed by atoms with van der Waals surface area (Å²) >= 11 is 5.88. The van der Waals surface area contributed by atoms with E-state index in [2.05, 4.69) is 0 Å². The maximum Gasteiger partial charge on any atom is 0.331 e. The predicted octanol–water partition coefficient (Wildman–Crippen LogP) is 4.80. The molecule has 2 aromatic rings. The molecule has 0 unspecified atom stereocenters. The smallest absolute Gasteiger partial charge is 0.331 e. The van der Waals surface area contributed by atoms with Crippen molar-refractivity contribution in [3.8, 4) is 0 Å². The number of aryl methyl sites for hydroxylation is 2. The van der Waals surface area contributed by atoms with Crippen LogP contribution in [0, 0.1) is 5.82 Å². The highest BCUT2D eigenvalue weighted by Crippen LogP contribution is 2.23. The van der Waals surface area contributed by atoms with Crippen LogP contribution in [-0.2, 0) is 22.4 Å². The third kappa shape index (κ3) is 4.38. The molecule has 0 heterocycles. The molecule has 0 spiro atoms. The van der Waals surface area contributed by atoms with Gasteiger partial charge < -0.3 is 4.74 Å². The van der Waals surface area contributed by atoms with Crippen molar-refractivity contribution in [2.24, 2.45) is 0 Å². The first-order valence-corrected chi connectivity index (χ1v) is 8.86. The molecule has 3 nitrogen and oxygen atoms in total. The molecule has 1 aliphatic rings. The quantitative estimate of drug-likeness (QED) is 0.430. The van der Waals surface area contributed by atoms with Crippen molar-refractivity contribution >= 4 is 29.4 Å². The Morgan fingerprint density at radius 3 is 2.65 bits per heavy atom. The molecule has 26 heavy (non-hydrogen) atoms. The average molecular weight is 373 g/mol. The van der Waals surface area contributed by atoms with Gasteiger partial charge in [0.25, 0.3) is 0 Å². The van der Waals surface area contributed by atoms with Crippen molar-refractivity contribution in [2.75, 3.05) is 6.61 Å². The number of ether oxygens (including phenoxy) is 1. The number of carbonyl (C=O) groups is 2. The zero-order valence-corrected chi connectivity index (χ0v) is 14.9. The Hall–Kier alpha value is -2.46. The Bertz CT molecular complexity index is 853. The zero-order chi connectivity index (χ0) is 18.5. The van der Waals surface area contributed by atoms with Crippen LogP contribution in [0.2, 0.25) is 5.02 Å². The number of fused-ring (bicyclic) bond motifs is 1. The molecule has 0 radical (unpaired) electrons. The predicted molar refractivity (Wildman–Crippen MR) is 98.8 cm³/mol. The number of halogens is 2. The minimum Gasteiger partial charge on any atom is -0.454 e. The molecular formula is C21H18ClFO3. The molecule has 1 aliphatic carbocycles. The molecule has 0 saturated heterocycles. The van der Waals surface area contributed by atoms with Crippen molar-refractivity contribution in [3.05, 3.63) is 75.6 Å². The highest BCUT2D eigenvalue weighted by Gasteiger charge is 2.14. The van der Waals surface area contributed by atoms with Crippen LogP contribution in [0.5, 0.6) is 0 Å². The maximum atomic E-state index is 13.6. The monoisotopic (exact) mass is 372 g/mol. The van der Waals surface area contributed by atoms with Crippen LogP contribution in [0.4, 0.5) is 4.39 Å². The van der Waals surface area contributed by atoms with Gasteiger partial charge in [-0.05, 0) is 61.1 Å². The fraction of sp³-hybridized carbons (Fsp3) is 0.238. The molecular weight excluding hydrogens is 355 g/mol. The summed E-state index contributed by atoms with van der Waals surface area (Å²) in [4.78, 5) is 24.0. The molecule has 2 aromatic carbocycles. The van der Waals surface area contributed by atoms with Gasteiger partial charge in [0.2, 0.25) is 0 Å². The Morgan fingerprint density at radius 2 is 1.88 bits per heavy atom. The fourth-order valence-corrected chi connectivity index (χ4v) is 3.22. The number of rotatable bonds is 5. The van der Waals surface area contributed by atoms with Gasteiger partial charge in [0.05, 0.1) is 5.02 Å². The lowest BCUT2D eigenvalue weighted by Crippen LogP contribution is -2.14. The number of Topliss-reactive ketones (excluding diaryl/α,β-unsaturated/α-hetero) is 1. The molecule has 0 aromatic heterocycles. The van der Waals surface area contributed by atoms with E-state index in [-0.39, 0.29) is 23.0 Å². The number of hydrogen-bond acceptors (Lipinski definition) is 3. The Kier molecular flexibility index (Phi) is 5.84. The van der Waals surface area contributed by atoms with Crippen molar-refractivity contribution in [2.45, 2.75) is 25.7 Å². The molecule has 0 amide bonds. The second-order valence-electron chi connectivity index (χ2n) is 6.19. The summed E-state index contributed by atoms with van der Waals surface area (Å²) in [6.07, 6.45) is 6.62. The Labute approximate surface area is 156 Å². The summed E-state index contributed by atoms with van der Waals surface area (Å²) in [5, 5.41) is 0.194. The van der Waals surface area contributed by atoms with Crippen LogP contribution in [0.15, 0.2) is 42.5 Å². The van der Waals surface area contributed by atoms with Gasteiger partial charge in [0, 0.05) is 17.2 Å². The second-order valence-corrected chi connectivity index (χ2v) is 6.60. The summed E-state index contributed by atoms with van der Waals surface area (Å²) in [5.74, 6) is -1.52. The van der Waals surface area contributed by atoms with E-state index < -0.39 is 11.8 Å². The number of benzene rings is 2. The Balaban J connectivity index is 1.59. The van der Waals surface area contributed by atoms with Crippen LogP contribution in [0.25, 0.3) is 6.08 Å². The van der Waals surface area contributed by atoms with Gasteiger partial charge in [-0.1, -0.05) is 29.8 Å². The number of carbonyl (C=O) groups excluding carboxylic acids is 2. The average Bonchev–Trinajstić information content (AvgIpc) is 2.65. The number of hydrogen-bond donors (Lipinski definition) is 0. The first-order chi connectivity index (χ1) is 12.5. The van der Waals surface area contributed by atoms with Crippen LogP contribution in [-0.4, -0.2) is 18.4 Å². The number of esters is 1. The first-order valence-electron chi connectivity index (χ1n) is 8.48. The first kappa shape index (κ1) is 18.3. The molecule has 0 saturated carbocycles. The van der Waals surface area contributed by atoms with Crippen LogP contribution in [0.3, 0.4) is 0 Å². The van der Waals surface area contributed by atoms with E-state index in [0.717, 1.165) is 25.3 Å². The van der Waals surface area contributed by atoms with Crippen LogP contribution < -0.4 is 0 Å². The van der Waals surface area contributed by atoms with Crippen LogP contribution in [0.1, 0.15) is 39.9 Å². The van der Waals surface area contributed by atoms with Gasteiger partial charge >= 0.3 is 5.97 Å². The standard InChI is InChI=1S/C21H18ClFO3/c22-18-6-3-7-19(23)17(18)10-11-21(25)26-13-20(24)16-9-8-14-4-1-2-5-15(14)12-16/h3,6-12H,1-2,4-5,13H2/b11-10+. The van der Waals surface area contributed by atoms with Crippen molar-refractivity contribution < 1.29 is 18.7 Å². The van der Waals surface area contributed by atoms with Gasteiger partial charge in [0.15, 0.2) is 12.4 Å². The SMILES string of the molecule is O=C(/C=C/c1c(F)cccc1Cl)OCC(=O)c1ccc2c(c1)CCCC2. The fourth-order valence-electron chi connectivity index (χ4n) is 3.00. The lowest BCUT2D eigenvalue weighted by Gasteiger charge is -2.16. The van der Waals surface area contributed by atoms with Crippen LogP contribution >= 0.6 is 11.6 Å². The molecule has 0 aliphatic heterocycles. The zero-order valence-electron chi connectivity index (χ0n) is 14.1. The molecule has 0 atom stereocenters. The molecule has 134 valence electrons. The normalized spacial score (nSPS) is 13.5. The summed E-state index contributed by atoms with van der Waals surface area (Å²) in [6, 6.07) is 9.88. The highest BCUT2D eigenvalue weighted by molar-refractivity contribution is 6.32. The van der Waals surface area contributed by atoms with Gasteiger partial charge in [0.1, 0.15) is 5.82 Å². The van der Waals surface area contributed by atoms with Gasteiger partial charge in [-0.25, -0.2) is 9.18 Å². The van der Waals surface area contributed by atoms with Gasteiger partial charge in [-0.15, -0.1) is 0 Å². The summed E-state index contributed by atoms with van der Waals surface area (Å²) in [7, 11) is 0. The summed E-state index contributed by atoms with van der Waals surface area (Å²) < 4.78 is 18.6. The van der Waals surface area contributed by atoms with E-state index in [1.54, 1.807) is 6.07 Å². The van der Waals surface area contributed by atoms with Crippen molar-refractivity contribution in [1.82, 2.24) is 0 Å². The van der Waals surface area contributed by atoms with Gasteiger partial charge in [-0.3, -0.25) is 4.79 Å². The number of ketones is 1. The maximum absolute atomic E-state index is 13.6. The van der Waals surface area contributed by atoms with E-state index in [0.29, 0.717) is 5.56 Å². The van der Waals surface area contributed by atoms with E-state index in [1.165, 1.54) is 41.8 Å². The molecule has 0 fully saturated rings. The van der Waals surface area contributed by atoms with E-state index in [9.17, 15) is 14.0 Å². The lowest BCUT2D eigenvalue weighted by atomic mass is 9.90. The molecule has 5 heteroatoms. The molecule has 0 N–H and O–H groups in total. The Morgan fingerprint density at radius 1 is 1.12 bits per heavy atom. The minimum absolute atomic E-state index is 0.104. The highest BCUT2D eigenvalue weighted by atomic mass is 35.5. The third-order valence-corrected chi connectivity index (χ3v) is 4.73. The summed E-state index contributed by atoms with van der Waals surface area (Å²) in [5.41, 5.74) is 3.13. The topological polar surface area (TPSA) is 43.4 Å². The van der Waals surface area contributed by atoms with Crippen molar-refractivity contribution in [3.63, 3.8) is 0 Å². The minimum atomic E-state index is -0.726. The third-order valence-electron chi connectivity index (χ3n) is 4.40. The van der Waals surface area contributed by atoms with E-state index in [4.69, 9.17) is 16.3 Å². The van der Waals surface area contributed by atoms with Crippen molar-refractivity contribution in [1.29, 1.82) is 0 Å². The largest absolute Gasteiger partial charge is 0.454 e. The molecule has 0 bridgehead atoms. The lowest BCUT2D eigenvalue weighted by molar-refractivity contribution is -0.136. The second kappa shape index (κ2) is 8.28. The van der Waals surface area contributed by atoms with Gasteiger partial charge in [-0.2, -0.15) is 0 Å². The van der Waals surface area contributed by atoms with E-state index >= 15 is 0 Å². The van der Waals surface area contributed by atoms with E-state index in [1.807, 2.05) is 12.1 Å².